The van der Waals surface area contributed by atoms with Crippen LogP contribution in [0.15, 0.2) is 30.4 Å². The summed E-state index contributed by atoms with van der Waals surface area (Å²) in [6, 6.07) is 5.15. The summed E-state index contributed by atoms with van der Waals surface area (Å²) in [7, 11) is 0. The number of allylic oxidation sites excluding steroid dienone is 2. The van der Waals surface area contributed by atoms with E-state index in [1.54, 1.807) is 12.1 Å². The number of primary amides is 1. The van der Waals surface area contributed by atoms with E-state index in [2.05, 4.69) is 17.1 Å². The third kappa shape index (κ3) is 2.35. The van der Waals surface area contributed by atoms with E-state index in [9.17, 15) is 14.4 Å². The molecule has 2 aliphatic carbocycles. The Morgan fingerprint density at radius 3 is 2.15 bits per heavy atom. The van der Waals surface area contributed by atoms with E-state index in [1.165, 1.54) is 11.3 Å². The highest BCUT2D eigenvalue weighted by Gasteiger charge is 2.59. The fourth-order valence-electron chi connectivity index (χ4n) is 5.40. The van der Waals surface area contributed by atoms with Crippen molar-refractivity contribution in [3.05, 3.63) is 35.9 Å². The maximum absolute atomic E-state index is 13.2. The highest BCUT2D eigenvalue weighted by molar-refractivity contribution is 6.24. The number of anilines is 2. The SMILES string of the molecule is NC(=O)c1ccc(N2CCCCC2)c(N2C(=O)[C@@H]3[C@H](C2=O)[C@H]2C=C[C@@H]3C2)c1. The Kier molecular flexibility index (Phi) is 3.64. The first-order valence-corrected chi connectivity index (χ1v) is 9.81. The number of imide groups is 1. The highest BCUT2D eigenvalue weighted by atomic mass is 16.2. The molecule has 4 atom stereocenters. The predicted octanol–water partition coefficient (Wildman–Crippen LogP) is 2.09. The number of hydrogen-bond acceptors (Lipinski definition) is 4. The van der Waals surface area contributed by atoms with Crippen LogP contribution in [0.25, 0.3) is 0 Å². The van der Waals surface area contributed by atoms with Crippen molar-refractivity contribution in [3.8, 4) is 0 Å². The lowest BCUT2D eigenvalue weighted by molar-refractivity contribution is -0.123. The summed E-state index contributed by atoms with van der Waals surface area (Å²) in [5.41, 5.74) is 7.17. The molecule has 0 spiro atoms. The second-order valence-electron chi connectivity index (χ2n) is 8.13. The lowest BCUT2D eigenvalue weighted by Gasteiger charge is -2.32. The molecule has 6 heteroatoms. The van der Waals surface area contributed by atoms with Gasteiger partial charge in [-0.15, -0.1) is 0 Å². The first-order valence-electron chi connectivity index (χ1n) is 9.81. The Bertz CT molecular complexity index is 841. The third-order valence-electron chi connectivity index (χ3n) is 6.67. The van der Waals surface area contributed by atoms with E-state index in [0.29, 0.717) is 11.3 Å². The molecule has 6 nitrogen and oxygen atoms in total. The Morgan fingerprint density at radius 1 is 0.926 bits per heavy atom. The molecule has 2 heterocycles. The minimum absolute atomic E-state index is 0.123. The van der Waals surface area contributed by atoms with E-state index < -0.39 is 5.91 Å². The van der Waals surface area contributed by atoms with Gasteiger partial charge in [0.1, 0.15) is 0 Å². The molecule has 2 bridgehead atoms. The van der Waals surface area contributed by atoms with Crippen LogP contribution < -0.4 is 15.5 Å². The molecule has 3 fully saturated rings. The summed E-state index contributed by atoms with van der Waals surface area (Å²) < 4.78 is 0. The van der Waals surface area contributed by atoms with Crippen molar-refractivity contribution in [2.75, 3.05) is 22.9 Å². The van der Waals surface area contributed by atoms with Gasteiger partial charge in [-0.2, -0.15) is 0 Å². The van der Waals surface area contributed by atoms with Crippen molar-refractivity contribution >= 4 is 29.1 Å². The summed E-state index contributed by atoms with van der Waals surface area (Å²) in [5, 5.41) is 0. The number of piperidine rings is 1. The van der Waals surface area contributed by atoms with E-state index in [4.69, 9.17) is 5.73 Å². The van der Waals surface area contributed by atoms with Gasteiger partial charge in [-0.25, -0.2) is 4.90 Å². The summed E-state index contributed by atoms with van der Waals surface area (Å²) >= 11 is 0. The smallest absolute Gasteiger partial charge is 0.248 e. The number of rotatable bonds is 3. The number of benzene rings is 1. The van der Waals surface area contributed by atoms with Gasteiger partial charge < -0.3 is 10.6 Å². The lowest BCUT2D eigenvalue weighted by Crippen LogP contribution is -2.36. The number of nitrogens with two attached hydrogens (primary N) is 1. The third-order valence-corrected chi connectivity index (χ3v) is 6.67. The predicted molar refractivity (Wildman–Crippen MR) is 101 cm³/mol. The number of amides is 3. The van der Waals surface area contributed by atoms with Crippen LogP contribution in [0.5, 0.6) is 0 Å². The highest BCUT2D eigenvalue weighted by Crippen LogP contribution is 2.54. The van der Waals surface area contributed by atoms with Crippen molar-refractivity contribution in [1.29, 1.82) is 0 Å². The van der Waals surface area contributed by atoms with Gasteiger partial charge in [-0.3, -0.25) is 14.4 Å². The minimum Gasteiger partial charge on any atom is -0.370 e. The Morgan fingerprint density at radius 2 is 1.56 bits per heavy atom. The lowest BCUT2D eigenvalue weighted by atomic mass is 9.85. The van der Waals surface area contributed by atoms with Crippen LogP contribution in [0, 0.1) is 23.7 Å². The van der Waals surface area contributed by atoms with Gasteiger partial charge in [0.25, 0.3) is 0 Å². The molecule has 0 radical (unpaired) electrons. The van der Waals surface area contributed by atoms with E-state index >= 15 is 0 Å². The number of carbonyl (C=O) groups excluding carboxylic acids is 3. The normalized spacial score (nSPS) is 31.7. The summed E-state index contributed by atoms with van der Waals surface area (Å²) in [6.07, 6.45) is 8.43. The molecule has 27 heavy (non-hydrogen) atoms. The summed E-state index contributed by atoms with van der Waals surface area (Å²) in [5.74, 6) is -0.970. The summed E-state index contributed by atoms with van der Waals surface area (Å²) in [4.78, 5) is 41.8. The van der Waals surface area contributed by atoms with Crippen LogP contribution in [0.3, 0.4) is 0 Å². The average molecular weight is 365 g/mol. The van der Waals surface area contributed by atoms with Crippen LogP contribution in [0.2, 0.25) is 0 Å². The van der Waals surface area contributed by atoms with E-state index in [1.807, 2.05) is 6.07 Å². The number of fused-ring (bicyclic) bond motifs is 5. The van der Waals surface area contributed by atoms with Crippen molar-refractivity contribution in [2.45, 2.75) is 25.7 Å². The zero-order valence-electron chi connectivity index (χ0n) is 15.1. The Labute approximate surface area is 158 Å². The molecule has 140 valence electrons. The van der Waals surface area contributed by atoms with Gasteiger partial charge in [-0.1, -0.05) is 12.2 Å². The molecule has 5 rings (SSSR count). The molecule has 0 aromatic heterocycles. The Hall–Kier alpha value is -2.63. The molecule has 2 aliphatic heterocycles. The first-order chi connectivity index (χ1) is 13.1. The van der Waals surface area contributed by atoms with E-state index in [-0.39, 0.29) is 35.5 Å². The number of nitrogens with zero attached hydrogens (tertiary/aromatic N) is 2. The summed E-state index contributed by atoms with van der Waals surface area (Å²) in [6.45, 7) is 1.78. The number of carbonyl (C=O) groups is 3. The van der Waals surface area contributed by atoms with Crippen LogP contribution in [-0.4, -0.2) is 30.8 Å². The molecule has 2 N–H and O–H groups in total. The molecular weight excluding hydrogens is 342 g/mol. The maximum atomic E-state index is 13.2. The number of hydrogen-bond donors (Lipinski definition) is 1. The molecule has 1 aromatic rings. The second-order valence-corrected chi connectivity index (χ2v) is 8.13. The molecule has 0 unspecified atom stereocenters. The molecule has 4 aliphatic rings. The van der Waals surface area contributed by atoms with Crippen LogP contribution in [0.4, 0.5) is 11.4 Å². The maximum Gasteiger partial charge on any atom is 0.248 e. The minimum atomic E-state index is -0.553. The van der Waals surface area contributed by atoms with Gasteiger partial charge in [0, 0.05) is 18.7 Å². The van der Waals surface area contributed by atoms with Crippen LogP contribution >= 0.6 is 0 Å². The van der Waals surface area contributed by atoms with Crippen molar-refractivity contribution < 1.29 is 14.4 Å². The topological polar surface area (TPSA) is 83.7 Å². The van der Waals surface area contributed by atoms with Crippen molar-refractivity contribution in [1.82, 2.24) is 0 Å². The second kappa shape index (κ2) is 5.94. The van der Waals surface area contributed by atoms with Crippen LogP contribution in [-0.2, 0) is 9.59 Å². The van der Waals surface area contributed by atoms with Gasteiger partial charge >= 0.3 is 0 Å². The molecular formula is C21H23N3O3. The van der Waals surface area contributed by atoms with Crippen molar-refractivity contribution in [3.63, 3.8) is 0 Å². The largest absolute Gasteiger partial charge is 0.370 e. The quantitative estimate of drug-likeness (QED) is 0.657. The fraction of sp³-hybridized carbons (Fsp3) is 0.476. The average Bonchev–Trinajstić information content (AvgIpc) is 3.36. The molecule has 3 amide bonds. The first kappa shape index (κ1) is 16.5. The van der Waals surface area contributed by atoms with Gasteiger partial charge in [-0.05, 0) is 55.7 Å². The zero-order chi connectivity index (χ0) is 18.7. The van der Waals surface area contributed by atoms with E-state index in [0.717, 1.165) is 38.0 Å². The fourth-order valence-corrected chi connectivity index (χ4v) is 5.40. The molecule has 1 saturated carbocycles. The standard InChI is InChI=1S/C21H23N3O3/c22-19(25)14-6-7-15(23-8-2-1-3-9-23)16(11-14)24-20(26)17-12-4-5-13(10-12)18(17)21(24)27/h4-7,11-13,17-18H,1-3,8-10H2,(H2,22,25)/t12-,13+,17+,18-. The van der Waals surface area contributed by atoms with Crippen molar-refractivity contribution in [2.24, 2.45) is 29.4 Å². The van der Waals surface area contributed by atoms with Gasteiger partial charge in [0.05, 0.1) is 23.2 Å². The van der Waals surface area contributed by atoms with Gasteiger partial charge in [0.2, 0.25) is 17.7 Å². The monoisotopic (exact) mass is 365 g/mol. The Balaban J connectivity index is 1.59. The zero-order valence-corrected chi connectivity index (χ0v) is 15.1. The molecule has 2 saturated heterocycles. The van der Waals surface area contributed by atoms with Gasteiger partial charge in [0.15, 0.2) is 0 Å². The molecule has 1 aromatic carbocycles. The van der Waals surface area contributed by atoms with Crippen LogP contribution in [0.1, 0.15) is 36.0 Å².